The van der Waals surface area contributed by atoms with Gasteiger partial charge in [0.05, 0.1) is 4.92 Å². The maximum absolute atomic E-state index is 11.9. The molecule has 2 amide bonds. The zero-order valence-electron chi connectivity index (χ0n) is 10.8. The SMILES string of the molecule is NC(=O)CCCCNC(=O)c1cccc(N)c1[N+](=O)[O-]. The first-order valence-electron chi connectivity index (χ1n) is 6.03. The van der Waals surface area contributed by atoms with E-state index in [-0.39, 0.29) is 17.7 Å². The molecule has 5 N–H and O–H groups in total. The van der Waals surface area contributed by atoms with E-state index in [4.69, 9.17) is 11.5 Å². The zero-order chi connectivity index (χ0) is 15.1. The Morgan fingerprint density at radius 3 is 2.60 bits per heavy atom. The summed E-state index contributed by atoms with van der Waals surface area (Å²) in [5.41, 5.74) is 9.94. The predicted molar refractivity (Wildman–Crippen MR) is 72.9 cm³/mol. The van der Waals surface area contributed by atoms with Crippen LogP contribution in [0.25, 0.3) is 0 Å². The number of anilines is 1. The monoisotopic (exact) mass is 280 g/mol. The molecule has 0 atom stereocenters. The molecule has 20 heavy (non-hydrogen) atoms. The van der Waals surface area contributed by atoms with Crippen molar-refractivity contribution in [2.24, 2.45) is 5.73 Å². The second-order valence-corrected chi connectivity index (χ2v) is 4.18. The number of hydrogen-bond acceptors (Lipinski definition) is 5. The van der Waals surface area contributed by atoms with Gasteiger partial charge in [-0.15, -0.1) is 0 Å². The van der Waals surface area contributed by atoms with E-state index in [0.29, 0.717) is 19.4 Å². The van der Waals surface area contributed by atoms with Gasteiger partial charge in [-0.2, -0.15) is 0 Å². The lowest BCUT2D eigenvalue weighted by Crippen LogP contribution is -2.25. The van der Waals surface area contributed by atoms with Gasteiger partial charge in [0.1, 0.15) is 11.3 Å². The molecule has 0 bridgehead atoms. The van der Waals surface area contributed by atoms with Crippen molar-refractivity contribution in [1.29, 1.82) is 0 Å². The summed E-state index contributed by atoms with van der Waals surface area (Å²) >= 11 is 0. The number of hydrogen-bond donors (Lipinski definition) is 3. The molecule has 0 heterocycles. The van der Waals surface area contributed by atoms with Crippen molar-refractivity contribution >= 4 is 23.2 Å². The number of carbonyl (C=O) groups is 2. The standard InChI is InChI=1S/C12H16N4O4/c13-9-5-3-4-8(11(9)16(19)20)12(18)15-7-2-1-6-10(14)17/h3-5H,1-2,6-7,13H2,(H2,14,17)(H,15,18). The number of nitrogens with two attached hydrogens (primary N) is 2. The summed E-state index contributed by atoms with van der Waals surface area (Å²) in [6, 6.07) is 4.18. The highest BCUT2D eigenvalue weighted by Crippen LogP contribution is 2.25. The van der Waals surface area contributed by atoms with Crippen molar-refractivity contribution < 1.29 is 14.5 Å². The van der Waals surface area contributed by atoms with Crippen molar-refractivity contribution in [1.82, 2.24) is 5.32 Å². The van der Waals surface area contributed by atoms with Crippen LogP contribution in [0.5, 0.6) is 0 Å². The predicted octanol–water partition coefficient (Wildman–Crippen LogP) is 0.562. The first-order valence-corrected chi connectivity index (χ1v) is 6.03. The van der Waals surface area contributed by atoms with Crippen LogP contribution >= 0.6 is 0 Å². The molecular formula is C12H16N4O4. The van der Waals surface area contributed by atoms with Gasteiger partial charge in [-0.25, -0.2) is 0 Å². The molecule has 0 aliphatic rings. The lowest BCUT2D eigenvalue weighted by Gasteiger charge is -2.06. The Labute approximate surface area is 115 Å². The van der Waals surface area contributed by atoms with Crippen LogP contribution in [0, 0.1) is 10.1 Å². The number of nitrogen functional groups attached to an aromatic ring is 1. The van der Waals surface area contributed by atoms with Gasteiger partial charge in [0.2, 0.25) is 5.91 Å². The van der Waals surface area contributed by atoms with Gasteiger partial charge in [-0.05, 0) is 25.0 Å². The summed E-state index contributed by atoms with van der Waals surface area (Å²) in [5.74, 6) is -0.967. The van der Waals surface area contributed by atoms with Crippen molar-refractivity contribution in [3.05, 3.63) is 33.9 Å². The average Bonchev–Trinajstić information content (AvgIpc) is 2.36. The molecular weight excluding hydrogens is 264 g/mol. The minimum atomic E-state index is -0.683. The van der Waals surface area contributed by atoms with E-state index >= 15 is 0 Å². The molecule has 0 spiro atoms. The number of para-hydroxylation sites is 1. The molecule has 0 aliphatic carbocycles. The van der Waals surface area contributed by atoms with E-state index in [2.05, 4.69) is 5.32 Å². The highest BCUT2D eigenvalue weighted by molar-refractivity contribution is 6.00. The first kappa shape index (κ1) is 15.4. The minimum absolute atomic E-state index is 0.0589. The fraction of sp³-hybridized carbons (Fsp3) is 0.333. The van der Waals surface area contributed by atoms with Crippen LogP contribution in [0.2, 0.25) is 0 Å². The van der Waals surface area contributed by atoms with Gasteiger partial charge >= 0.3 is 5.69 Å². The van der Waals surface area contributed by atoms with Crippen LogP contribution in [-0.4, -0.2) is 23.3 Å². The molecule has 0 saturated heterocycles. The van der Waals surface area contributed by atoms with Gasteiger partial charge in [-0.3, -0.25) is 19.7 Å². The van der Waals surface area contributed by atoms with E-state index in [1.54, 1.807) is 0 Å². The molecule has 1 rings (SSSR count). The molecule has 1 aromatic rings. The normalized spacial score (nSPS) is 10.0. The van der Waals surface area contributed by atoms with E-state index < -0.39 is 22.4 Å². The topological polar surface area (TPSA) is 141 Å². The number of nitrogens with one attached hydrogen (secondary N) is 1. The summed E-state index contributed by atoms with van der Waals surface area (Å²) in [5, 5.41) is 13.4. The fourth-order valence-corrected chi connectivity index (χ4v) is 1.67. The molecule has 0 unspecified atom stereocenters. The third-order valence-electron chi connectivity index (χ3n) is 2.63. The van der Waals surface area contributed by atoms with Gasteiger partial charge in [0.25, 0.3) is 5.91 Å². The molecule has 0 radical (unpaired) electrons. The number of primary amides is 1. The van der Waals surface area contributed by atoms with Crippen LogP contribution < -0.4 is 16.8 Å². The molecule has 0 fully saturated rings. The highest BCUT2D eigenvalue weighted by atomic mass is 16.6. The fourth-order valence-electron chi connectivity index (χ4n) is 1.67. The first-order chi connectivity index (χ1) is 9.43. The van der Waals surface area contributed by atoms with Gasteiger partial charge in [0, 0.05) is 13.0 Å². The largest absolute Gasteiger partial charge is 0.393 e. The number of rotatable bonds is 7. The number of nitrogens with zero attached hydrogens (tertiary/aromatic N) is 1. The summed E-state index contributed by atoms with van der Waals surface area (Å²) in [6.07, 6.45) is 1.35. The third kappa shape index (κ3) is 4.23. The van der Waals surface area contributed by atoms with Crippen molar-refractivity contribution in [3.8, 4) is 0 Å². The van der Waals surface area contributed by atoms with Crippen LogP contribution in [0.1, 0.15) is 29.6 Å². The Morgan fingerprint density at radius 1 is 1.30 bits per heavy atom. The Morgan fingerprint density at radius 2 is 2.00 bits per heavy atom. The van der Waals surface area contributed by atoms with Crippen LogP contribution in [0.4, 0.5) is 11.4 Å². The van der Waals surface area contributed by atoms with Crippen LogP contribution in [0.15, 0.2) is 18.2 Å². The third-order valence-corrected chi connectivity index (χ3v) is 2.63. The van der Waals surface area contributed by atoms with E-state index in [1.807, 2.05) is 0 Å². The number of benzene rings is 1. The average molecular weight is 280 g/mol. The molecule has 0 aliphatic heterocycles. The summed E-state index contributed by atoms with van der Waals surface area (Å²) in [6.45, 7) is 0.304. The highest BCUT2D eigenvalue weighted by Gasteiger charge is 2.22. The van der Waals surface area contributed by atoms with E-state index in [9.17, 15) is 19.7 Å². The summed E-state index contributed by atoms with van der Waals surface area (Å²) in [4.78, 5) is 32.6. The van der Waals surface area contributed by atoms with Crippen LogP contribution in [0.3, 0.4) is 0 Å². The number of nitro groups is 1. The minimum Gasteiger partial charge on any atom is -0.393 e. The smallest absolute Gasteiger partial charge is 0.304 e. The number of unbranched alkanes of at least 4 members (excludes halogenated alkanes) is 1. The van der Waals surface area contributed by atoms with Crippen molar-refractivity contribution in [2.75, 3.05) is 12.3 Å². The van der Waals surface area contributed by atoms with Gasteiger partial charge in [0.15, 0.2) is 0 Å². The molecule has 108 valence electrons. The second-order valence-electron chi connectivity index (χ2n) is 4.18. The quantitative estimate of drug-likeness (QED) is 0.289. The Kier molecular flexibility index (Phi) is 5.45. The van der Waals surface area contributed by atoms with Crippen LogP contribution in [-0.2, 0) is 4.79 Å². The van der Waals surface area contributed by atoms with E-state index in [1.165, 1.54) is 18.2 Å². The Hall–Kier alpha value is -2.64. The summed E-state index contributed by atoms with van der Waals surface area (Å²) < 4.78 is 0. The molecule has 8 heteroatoms. The van der Waals surface area contributed by atoms with E-state index in [0.717, 1.165) is 0 Å². The number of amides is 2. The zero-order valence-corrected chi connectivity index (χ0v) is 10.8. The van der Waals surface area contributed by atoms with Crippen molar-refractivity contribution in [2.45, 2.75) is 19.3 Å². The van der Waals surface area contributed by atoms with Crippen molar-refractivity contribution in [3.63, 3.8) is 0 Å². The number of nitro benzene ring substituents is 1. The maximum atomic E-state index is 11.9. The second kappa shape index (κ2) is 7.07. The Bertz CT molecular complexity index is 530. The van der Waals surface area contributed by atoms with Gasteiger partial charge < -0.3 is 16.8 Å². The number of carbonyl (C=O) groups excluding carboxylic acids is 2. The summed E-state index contributed by atoms with van der Waals surface area (Å²) in [7, 11) is 0. The molecule has 0 aromatic heterocycles. The Balaban J connectivity index is 2.62. The van der Waals surface area contributed by atoms with Gasteiger partial charge in [-0.1, -0.05) is 6.07 Å². The molecule has 8 nitrogen and oxygen atoms in total. The molecule has 0 saturated carbocycles. The lowest BCUT2D eigenvalue weighted by molar-refractivity contribution is -0.384. The molecule has 1 aromatic carbocycles. The maximum Gasteiger partial charge on any atom is 0.304 e. The lowest BCUT2D eigenvalue weighted by atomic mass is 10.1.